The van der Waals surface area contributed by atoms with Crippen molar-refractivity contribution >= 4 is 22.6 Å². The molecular weight excluding hydrogens is 503 g/mol. The van der Waals surface area contributed by atoms with Crippen molar-refractivity contribution in [3.05, 3.63) is 82.9 Å². The fraction of sp³-hybridized carbons (Fsp3) is 0.438. The number of hydrogen-bond donors (Lipinski definition) is 2. The molecular formula is C32H36F3NO3. The fourth-order valence-electron chi connectivity index (χ4n) is 5.62. The maximum absolute atomic E-state index is 13.2. The van der Waals surface area contributed by atoms with E-state index in [1.807, 2.05) is 18.2 Å². The number of halogens is 3. The topological polar surface area (TPSA) is 66.4 Å². The van der Waals surface area contributed by atoms with Crippen molar-refractivity contribution in [1.29, 1.82) is 0 Å². The van der Waals surface area contributed by atoms with E-state index in [0.29, 0.717) is 11.1 Å². The molecule has 0 heterocycles. The number of carboxylic acid groups (broad SMARTS) is 1. The fourth-order valence-corrected chi connectivity index (χ4v) is 5.62. The van der Waals surface area contributed by atoms with Crippen LogP contribution in [0, 0.1) is 5.92 Å². The molecule has 1 aliphatic rings. The standard InChI is InChI=1S/C32H36F3NO3/c33-32(34,35)18-16-29(24-10-12-25(13-11-24)31(39)36-19-17-30(37)38)28-15-14-26-20-23(8-9-27(26)21-28)7-6-22-4-2-1-3-5-22/h8-15,20-22,29H,1-7,16-19H2,(H,36,39)(H,37,38). The average Bonchev–Trinajstić information content (AvgIpc) is 2.92. The quantitative estimate of drug-likeness (QED) is 0.259. The Morgan fingerprint density at radius 2 is 1.56 bits per heavy atom. The van der Waals surface area contributed by atoms with E-state index in [4.69, 9.17) is 5.11 Å². The van der Waals surface area contributed by atoms with E-state index in [2.05, 4.69) is 23.5 Å². The molecule has 0 bridgehead atoms. The molecule has 0 saturated heterocycles. The monoisotopic (exact) mass is 539 g/mol. The average molecular weight is 540 g/mol. The van der Waals surface area contributed by atoms with Crippen molar-refractivity contribution in [3.8, 4) is 0 Å². The summed E-state index contributed by atoms with van der Waals surface area (Å²) in [6.45, 7) is 0.00348. The van der Waals surface area contributed by atoms with Gasteiger partial charge >= 0.3 is 12.1 Å². The van der Waals surface area contributed by atoms with Crippen molar-refractivity contribution in [2.75, 3.05) is 6.54 Å². The number of carbonyl (C=O) groups is 2. The lowest BCUT2D eigenvalue weighted by molar-refractivity contribution is -0.137. The summed E-state index contributed by atoms with van der Waals surface area (Å²) in [5.41, 5.74) is 3.13. The molecule has 1 aliphatic carbocycles. The van der Waals surface area contributed by atoms with Crippen LogP contribution >= 0.6 is 0 Å². The number of amides is 1. The van der Waals surface area contributed by atoms with Gasteiger partial charge in [-0.2, -0.15) is 13.2 Å². The zero-order valence-corrected chi connectivity index (χ0v) is 22.1. The van der Waals surface area contributed by atoms with Gasteiger partial charge in [0.1, 0.15) is 0 Å². The molecule has 0 aromatic heterocycles. The van der Waals surface area contributed by atoms with Crippen LogP contribution in [0.25, 0.3) is 10.8 Å². The molecule has 1 fully saturated rings. The van der Waals surface area contributed by atoms with Gasteiger partial charge in [0.25, 0.3) is 5.91 Å². The summed E-state index contributed by atoms with van der Waals surface area (Å²) in [5, 5.41) is 13.4. The number of carbonyl (C=O) groups excluding carboxylic acids is 1. The Morgan fingerprint density at radius 3 is 2.26 bits per heavy atom. The van der Waals surface area contributed by atoms with Gasteiger partial charge in [-0.3, -0.25) is 9.59 Å². The molecule has 0 spiro atoms. The van der Waals surface area contributed by atoms with Crippen LogP contribution in [0.15, 0.2) is 60.7 Å². The van der Waals surface area contributed by atoms with E-state index >= 15 is 0 Å². The molecule has 4 rings (SSSR count). The third kappa shape index (κ3) is 8.57. The van der Waals surface area contributed by atoms with Crippen LogP contribution in [0.4, 0.5) is 13.2 Å². The minimum atomic E-state index is -4.27. The van der Waals surface area contributed by atoms with Gasteiger partial charge in [-0.25, -0.2) is 0 Å². The number of hydrogen-bond acceptors (Lipinski definition) is 2. The zero-order valence-electron chi connectivity index (χ0n) is 22.1. The third-order valence-corrected chi connectivity index (χ3v) is 7.81. The van der Waals surface area contributed by atoms with Crippen LogP contribution in [0.3, 0.4) is 0 Å². The van der Waals surface area contributed by atoms with Crippen molar-refractivity contribution < 1.29 is 27.9 Å². The molecule has 1 amide bonds. The number of rotatable bonds is 11. The van der Waals surface area contributed by atoms with Gasteiger partial charge in [-0.15, -0.1) is 0 Å². The lowest BCUT2D eigenvalue weighted by Gasteiger charge is -2.21. The van der Waals surface area contributed by atoms with E-state index in [1.54, 1.807) is 24.3 Å². The summed E-state index contributed by atoms with van der Waals surface area (Å²) in [4.78, 5) is 23.0. The lowest BCUT2D eigenvalue weighted by Crippen LogP contribution is -2.25. The van der Waals surface area contributed by atoms with Gasteiger partial charge < -0.3 is 10.4 Å². The number of aliphatic carboxylic acids is 1. The minimum Gasteiger partial charge on any atom is -0.481 e. The number of fused-ring (bicyclic) bond motifs is 1. The molecule has 3 aromatic carbocycles. The first-order valence-corrected chi connectivity index (χ1v) is 13.9. The van der Waals surface area contributed by atoms with Crippen LogP contribution in [-0.2, 0) is 11.2 Å². The van der Waals surface area contributed by atoms with Crippen LogP contribution in [0.5, 0.6) is 0 Å². The molecule has 39 heavy (non-hydrogen) atoms. The van der Waals surface area contributed by atoms with Crippen LogP contribution < -0.4 is 5.32 Å². The van der Waals surface area contributed by atoms with E-state index < -0.39 is 30.4 Å². The van der Waals surface area contributed by atoms with Gasteiger partial charge in [0.15, 0.2) is 0 Å². The van der Waals surface area contributed by atoms with Crippen molar-refractivity contribution in [2.24, 2.45) is 5.92 Å². The minimum absolute atomic E-state index is 0.00348. The second-order valence-corrected chi connectivity index (χ2v) is 10.7. The Kier molecular flexibility index (Phi) is 9.65. The lowest BCUT2D eigenvalue weighted by atomic mass is 9.84. The molecule has 1 atom stereocenters. The van der Waals surface area contributed by atoms with Gasteiger partial charge in [0.2, 0.25) is 0 Å². The summed E-state index contributed by atoms with van der Waals surface area (Å²) in [6.07, 6.45) is 3.47. The Bertz CT molecular complexity index is 1260. The Morgan fingerprint density at radius 1 is 0.897 bits per heavy atom. The molecule has 208 valence electrons. The molecule has 0 radical (unpaired) electrons. The third-order valence-electron chi connectivity index (χ3n) is 7.81. The number of alkyl halides is 3. The second kappa shape index (κ2) is 13.1. The first-order valence-electron chi connectivity index (χ1n) is 13.9. The Labute approximate surface area is 227 Å². The van der Waals surface area contributed by atoms with Crippen LogP contribution in [0.2, 0.25) is 0 Å². The van der Waals surface area contributed by atoms with Crippen LogP contribution in [0.1, 0.15) is 90.8 Å². The van der Waals surface area contributed by atoms with E-state index in [1.165, 1.54) is 44.1 Å². The van der Waals surface area contributed by atoms with Gasteiger partial charge in [-0.05, 0) is 64.8 Å². The molecule has 3 aromatic rings. The summed E-state index contributed by atoms with van der Waals surface area (Å²) >= 11 is 0. The first-order chi connectivity index (χ1) is 18.7. The molecule has 7 heteroatoms. The number of carboxylic acids is 1. The van der Waals surface area contributed by atoms with E-state index in [-0.39, 0.29) is 19.4 Å². The number of benzene rings is 3. The van der Waals surface area contributed by atoms with Gasteiger partial charge in [0, 0.05) is 24.4 Å². The highest BCUT2D eigenvalue weighted by molar-refractivity contribution is 5.94. The maximum Gasteiger partial charge on any atom is 0.389 e. The molecule has 0 aliphatic heterocycles. The molecule has 1 unspecified atom stereocenters. The molecule has 4 nitrogen and oxygen atoms in total. The highest BCUT2D eigenvalue weighted by Gasteiger charge is 2.29. The van der Waals surface area contributed by atoms with Crippen molar-refractivity contribution in [2.45, 2.75) is 76.3 Å². The summed E-state index contributed by atoms with van der Waals surface area (Å²) in [7, 11) is 0. The SMILES string of the molecule is O=C(O)CCNC(=O)c1ccc(C(CCC(F)(F)F)c2ccc3cc(CCC4CCCCC4)ccc3c2)cc1. The highest BCUT2D eigenvalue weighted by Crippen LogP contribution is 2.36. The Balaban J connectivity index is 1.51. The number of nitrogens with one attached hydrogen (secondary N) is 1. The van der Waals surface area contributed by atoms with Gasteiger partial charge in [0.05, 0.1) is 6.42 Å². The first kappa shape index (κ1) is 28.7. The number of aryl methyl sites for hydroxylation is 1. The second-order valence-electron chi connectivity index (χ2n) is 10.7. The van der Waals surface area contributed by atoms with Crippen LogP contribution in [-0.4, -0.2) is 29.7 Å². The maximum atomic E-state index is 13.2. The molecule has 2 N–H and O–H groups in total. The highest BCUT2D eigenvalue weighted by atomic mass is 19.4. The summed E-state index contributed by atoms with van der Waals surface area (Å²) in [5.74, 6) is -1.09. The molecule has 1 saturated carbocycles. The largest absolute Gasteiger partial charge is 0.481 e. The summed E-state index contributed by atoms with van der Waals surface area (Å²) in [6, 6.07) is 18.8. The predicted octanol–water partition coefficient (Wildman–Crippen LogP) is 8.03. The van der Waals surface area contributed by atoms with Crippen molar-refractivity contribution in [3.63, 3.8) is 0 Å². The van der Waals surface area contributed by atoms with E-state index in [0.717, 1.165) is 28.7 Å². The van der Waals surface area contributed by atoms with E-state index in [9.17, 15) is 22.8 Å². The predicted molar refractivity (Wildman–Crippen MR) is 147 cm³/mol. The summed E-state index contributed by atoms with van der Waals surface area (Å²) < 4.78 is 39.6. The smallest absolute Gasteiger partial charge is 0.389 e. The van der Waals surface area contributed by atoms with Crippen molar-refractivity contribution in [1.82, 2.24) is 5.32 Å². The zero-order chi connectivity index (χ0) is 27.8. The van der Waals surface area contributed by atoms with Gasteiger partial charge in [-0.1, -0.05) is 80.6 Å². The Hall–Kier alpha value is -3.35. The normalized spacial score (nSPS) is 15.3.